The van der Waals surface area contributed by atoms with Crippen molar-refractivity contribution in [3.63, 3.8) is 0 Å². The molecule has 1 heterocycles. The van der Waals surface area contributed by atoms with Crippen LogP contribution in [0.25, 0.3) is 0 Å². The predicted octanol–water partition coefficient (Wildman–Crippen LogP) is 3.53. The van der Waals surface area contributed by atoms with Gasteiger partial charge in [0.2, 0.25) is 4.77 Å². The molecule has 0 saturated heterocycles. The number of rotatable bonds is 5. The summed E-state index contributed by atoms with van der Waals surface area (Å²) in [4.78, 5) is 4.01. The van der Waals surface area contributed by atoms with E-state index in [1.54, 1.807) is 4.68 Å². The van der Waals surface area contributed by atoms with Gasteiger partial charge in [0.15, 0.2) is 0 Å². The molecule has 2 atom stereocenters. The molecule has 1 fully saturated rings. The second-order valence-corrected chi connectivity index (χ2v) is 6.56. The zero-order valence-electron chi connectivity index (χ0n) is 11.8. The molecular formula is C15H18ClN3OS. The van der Waals surface area contributed by atoms with E-state index in [-0.39, 0.29) is 5.92 Å². The van der Waals surface area contributed by atoms with Crippen LogP contribution < -0.4 is 0 Å². The fourth-order valence-corrected chi connectivity index (χ4v) is 3.38. The number of H-pyrrole nitrogens is 1. The Balaban J connectivity index is 2.04. The average molecular weight is 324 g/mol. The van der Waals surface area contributed by atoms with E-state index < -0.39 is 5.60 Å². The Bertz CT molecular complexity index is 694. The molecule has 1 aromatic heterocycles. The van der Waals surface area contributed by atoms with E-state index in [4.69, 9.17) is 23.8 Å². The lowest BCUT2D eigenvalue weighted by Gasteiger charge is -2.35. The number of halogens is 1. The van der Waals surface area contributed by atoms with Crippen LogP contribution in [0.2, 0.25) is 5.02 Å². The summed E-state index contributed by atoms with van der Waals surface area (Å²) in [5, 5.41) is 15.0. The van der Waals surface area contributed by atoms with E-state index in [1.807, 2.05) is 24.3 Å². The van der Waals surface area contributed by atoms with Gasteiger partial charge in [0, 0.05) is 10.6 Å². The molecule has 1 saturated carbocycles. The van der Waals surface area contributed by atoms with Crippen molar-refractivity contribution in [3.05, 3.63) is 45.9 Å². The molecule has 0 spiro atoms. The molecule has 0 aliphatic heterocycles. The topological polar surface area (TPSA) is 53.8 Å². The molecule has 1 aromatic carbocycles. The van der Waals surface area contributed by atoms with Crippen molar-refractivity contribution in [1.29, 1.82) is 0 Å². The van der Waals surface area contributed by atoms with Crippen molar-refractivity contribution in [2.45, 2.75) is 31.9 Å². The van der Waals surface area contributed by atoms with Gasteiger partial charge in [0.1, 0.15) is 11.9 Å². The average Bonchev–Trinajstić information content (AvgIpc) is 3.24. The second-order valence-electron chi connectivity index (χ2n) is 5.79. The lowest BCUT2D eigenvalue weighted by molar-refractivity contribution is -0.0444. The molecule has 2 unspecified atom stereocenters. The summed E-state index contributed by atoms with van der Waals surface area (Å²) >= 11 is 11.5. The van der Waals surface area contributed by atoms with Gasteiger partial charge in [0.25, 0.3) is 0 Å². The molecule has 1 aliphatic carbocycles. The van der Waals surface area contributed by atoms with E-state index in [2.05, 4.69) is 17.0 Å². The summed E-state index contributed by atoms with van der Waals surface area (Å²) in [5.74, 6) is 0.631. The van der Waals surface area contributed by atoms with E-state index in [9.17, 15) is 5.11 Å². The van der Waals surface area contributed by atoms with Crippen LogP contribution in [0.15, 0.2) is 30.6 Å². The Labute approximate surface area is 133 Å². The zero-order valence-corrected chi connectivity index (χ0v) is 13.4. The van der Waals surface area contributed by atoms with E-state index >= 15 is 0 Å². The van der Waals surface area contributed by atoms with Gasteiger partial charge in [-0.25, -0.2) is 4.98 Å². The quantitative estimate of drug-likeness (QED) is 0.828. The molecule has 1 aliphatic rings. The largest absolute Gasteiger partial charge is 0.383 e. The van der Waals surface area contributed by atoms with Crippen molar-refractivity contribution < 1.29 is 5.11 Å². The Kier molecular flexibility index (Phi) is 3.90. The predicted molar refractivity (Wildman–Crippen MR) is 84.6 cm³/mol. The van der Waals surface area contributed by atoms with Gasteiger partial charge < -0.3 is 5.11 Å². The first-order valence-corrected chi connectivity index (χ1v) is 7.88. The summed E-state index contributed by atoms with van der Waals surface area (Å²) in [6, 6.07) is 7.48. The van der Waals surface area contributed by atoms with E-state index in [0.717, 1.165) is 18.4 Å². The second kappa shape index (κ2) is 5.55. The number of hydrogen-bond donors (Lipinski definition) is 2. The highest BCUT2D eigenvalue weighted by molar-refractivity contribution is 7.71. The van der Waals surface area contributed by atoms with Crippen LogP contribution >= 0.6 is 23.8 Å². The standard InChI is InChI=1S/C15H18ClN3OS/c1-10(11-6-7-11)15(20,8-19-14(21)17-9-18-19)12-4-2-3-5-13(12)16/h2-5,9-11,20H,6-8H2,1H3,(H,17,18,21). The van der Waals surface area contributed by atoms with Crippen LogP contribution in [0.4, 0.5) is 0 Å². The lowest BCUT2D eigenvalue weighted by atomic mass is 9.79. The Morgan fingerprint density at radius 1 is 1.52 bits per heavy atom. The number of aliphatic hydroxyl groups is 1. The minimum absolute atomic E-state index is 0.0996. The first-order chi connectivity index (χ1) is 10.0. The number of nitrogens with zero attached hydrogens (tertiary/aromatic N) is 2. The van der Waals surface area contributed by atoms with Crippen molar-refractivity contribution >= 4 is 23.8 Å². The number of hydrogen-bond acceptors (Lipinski definition) is 3. The first-order valence-electron chi connectivity index (χ1n) is 7.10. The third-order valence-electron chi connectivity index (χ3n) is 4.44. The van der Waals surface area contributed by atoms with Crippen molar-refractivity contribution in [3.8, 4) is 0 Å². The number of aromatic amines is 1. The van der Waals surface area contributed by atoms with Crippen LogP contribution in [0, 0.1) is 16.6 Å². The highest BCUT2D eigenvalue weighted by Crippen LogP contribution is 2.47. The first kappa shape index (κ1) is 14.8. The summed E-state index contributed by atoms with van der Waals surface area (Å²) in [6.07, 6.45) is 3.85. The summed E-state index contributed by atoms with van der Waals surface area (Å²) < 4.78 is 2.13. The molecule has 4 nitrogen and oxygen atoms in total. The molecule has 3 rings (SSSR count). The number of aromatic nitrogens is 3. The maximum atomic E-state index is 11.4. The molecule has 0 amide bonds. The SMILES string of the molecule is CC(C1CC1)C(O)(Cn1[nH]cnc1=S)c1ccccc1Cl. The van der Waals surface area contributed by atoms with Gasteiger partial charge in [-0.05, 0) is 43.0 Å². The fourth-order valence-electron chi connectivity index (χ4n) is 2.91. The minimum Gasteiger partial charge on any atom is -0.383 e. The van der Waals surface area contributed by atoms with Gasteiger partial charge in [-0.3, -0.25) is 9.78 Å². The molecular weight excluding hydrogens is 306 g/mol. The summed E-state index contributed by atoms with van der Waals surface area (Å²) in [5.41, 5.74) is -0.313. The van der Waals surface area contributed by atoms with Crippen LogP contribution in [-0.4, -0.2) is 19.9 Å². The molecule has 0 radical (unpaired) electrons. The number of benzene rings is 1. The van der Waals surface area contributed by atoms with Gasteiger partial charge in [0.05, 0.1) is 6.54 Å². The fraction of sp³-hybridized carbons (Fsp3) is 0.467. The van der Waals surface area contributed by atoms with Crippen molar-refractivity contribution in [2.24, 2.45) is 11.8 Å². The minimum atomic E-state index is -1.07. The summed E-state index contributed by atoms with van der Waals surface area (Å²) in [7, 11) is 0. The Morgan fingerprint density at radius 2 is 2.24 bits per heavy atom. The Morgan fingerprint density at radius 3 is 2.81 bits per heavy atom. The molecule has 0 bridgehead atoms. The van der Waals surface area contributed by atoms with Gasteiger partial charge in [-0.1, -0.05) is 36.7 Å². The van der Waals surface area contributed by atoms with Crippen molar-refractivity contribution in [2.75, 3.05) is 0 Å². The van der Waals surface area contributed by atoms with Crippen molar-refractivity contribution in [1.82, 2.24) is 14.8 Å². The highest BCUT2D eigenvalue weighted by Gasteiger charge is 2.45. The van der Waals surface area contributed by atoms with Crippen LogP contribution in [0.1, 0.15) is 25.3 Å². The maximum Gasteiger partial charge on any atom is 0.215 e. The molecule has 2 aromatic rings. The Hall–Kier alpha value is -1.17. The normalized spacial score (nSPS) is 19.2. The smallest absolute Gasteiger partial charge is 0.215 e. The molecule has 112 valence electrons. The van der Waals surface area contributed by atoms with Crippen LogP contribution in [-0.2, 0) is 12.1 Å². The maximum absolute atomic E-state index is 11.4. The molecule has 6 heteroatoms. The van der Waals surface area contributed by atoms with Gasteiger partial charge >= 0.3 is 0 Å². The molecule has 2 N–H and O–H groups in total. The zero-order chi connectivity index (χ0) is 15.0. The van der Waals surface area contributed by atoms with E-state index in [0.29, 0.717) is 22.3 Å². The monoisotopic (exact) mass is 323 g/mol. The van der Waals surface area contributed by atoms with Gasteiger partial charge in [-0.2, -0.15) is 0 Å². The summed E-state index contributed by atoms with van der Waals surface area (Å²) in [6.45, 7) is 2.41. The number of nitrogens with one attached hydrogen (secondary N) is 1. The van der Waals surface area contributed by atoms with Crippen LogP contribution in [0.5, 0.6) is 0 Å². The van der Waals surface area contributed by atoms with Gasteiger partial charge in [-0.15, -0.1) is 0 Å². The third-order valence-corrected chi connectivity index (χ3v) is 5.10. The van der Waals surface area contributed by atoms with Crippen LogP contribution in [0.3, 0.4) is 0 Å². The third kappa shape index (κ3) is 2.78. The highest BCUT2D eigenvalue weighted by atomic mass is 35.5. The lowest BCUT2D eigenvalue weighted by Crippen LogP contribution is -2.40. The van der Waals surface area contributed by atoms with E-state index in [1.165, 1.54) is 6.33 Å². The molecule has 21 heavy (non-hydrogen) atoms.